The van der Waals surface area contributed by atoms with Crippen LogP contribution in [0, 0.1) is 0 Å². The van der Waals surface area contributed by atoms with E-state index in [1.807, 2.05) is 0 Å². The summed E-state index contributed by atoms with van der Waals surface area (Å²) in [5.74, 6) is 1.98. The van der Waals surface area contributed by atoms with Gasteiger partial charge < -0.3 is 14.8 Å². The normalized spacial score (nSPS) is 23.3. The van der Waals surface area contributed by atoms with E-state index < -0.39 is 0 Å². The molecule has 3 nitrogen and oxygen atoms in total. The third-order valence-corrected chi connectivity index (χ3v) is 3.37. The molecule has 3 heteroatoms. The molecular formula is C14H21NO2. The van der Waals surface area contributed by atoms with Crippen LogP contribution in [0.2, 0.25) is 0 Å². The van der Waals surface area contributed by atoms with Gasteiger partial charge in [0.1, 0.15) is 5.76 Å². The number of hydrogen-bond donors (Lipinski definition) is 1. The van der Waals surface area contributed by atoms with Gasteiger partial charge >= 0.3 is 0 Å². The molecule has 94 valence electrons. The first-order chi connectivity index (χ1) is 8.05. The summed E-state index contributed by atoms with van der Waals surface area (Å²) in [4.78, 5) is 0. The van der Waals surface area contributed by atoms with Crippen molar-refractivity contribution in [2.24, 2.45) is 0 Å². The van der Waals surface area contributed by atoms with Crippen molar-refractivity contribution in [3.05, 3.63) is 34.8 Å². The first-order valence-corrected chi connectivity index (χ1v) is 6.02. The molecule has 1 heterocycles. The summed E-state index contributed by atoms with van der Waals surface area (Å²) in [6, 6.07) is 0. The van der Waals surface area contributed by atoms with Crippen molar-refractivity contribution < 1.29 is 9.47 Å². The molecule has 0 saturated heterocycles. The monoisotopic (exact) mass is 235 g/mol. The minimum Gasteiger partial charge on any atom is -0.501 e. The zero-order valence-corrected chi connectivity index (χ0v) is 11.1. The summed E-state index contributed by atoms with van der Waals surface area (Å²) in [6.07, 6.45) is 6.06. The van der Waals surface area contributed by atoms with E-state index in [1.54, 1.807) is 14.2 Å². The van der Waals surface area contributed by atoms with E-state index in [9.17, 15) is 0 Å². The van der Waals surface area contributed by atoms with E-state index in [4.69, 9.17) is 9.47 Å². The van der Waals surface area contributed by atoms with Crippen LogP contribution in [0.5, 0.6) is 0 Å². The Balaban J connectivity index is 2.40. The topological polar surface area (TPSA) is 30.5 Å². The number of allylic oxidation sites excluding steroid dienone is 2. The van der Waals surface area contributed by atoms with E-state index in [0.717, 1.165) is 30.9 Å². The highest BCUT2D eigenvalue weighted by atomic mass is 16.5. The fourth-order valence-electron chi connectivity index (χ4n) is 2.39. The van der Waals surface area contributed by atoms with Crippen LogP contribution in [0.4, 0.5) is 0 Å². The Morgan fingerprint density at radius 1 is 1.24 bits per heavy atom. The number of nitrogens with one attached hydrogen (secondary N) is 1. The van der Waals surface area contributed by atoms with Crippen molar-refractivity contribution in [2.45, 2.75) is 32.2 Å². The molecule has 0 aromatic carbocycles. The Bertz CT molecular complexity index is 402. The van der Waals surface area contributed by atoms with Gasteiger partial charge in [-0.1, -0.05) is 0 Å². The van der Waals surface area contributed by atoms with E-state index in [-0.39, 0.29) is 5.54 Å². The second-order valence-electron chi connectivity index (χ2n) is 5.21. The number of methoxy groups -OCH3 is 2. The lowest BCUT2D eigenvalue weighted by Gasteiger charge is -2.33. The first kappa shape index (κ1) is 12.2. The Morgan fingerprint density at radius 2 is 2.00 bits per heavy atom. The van der Waals surface area contributed by atoms with Crippen LogP contribution in [0.25, 0.3) is 0 Å². The van der Waals surface area contributed by atoms with Crippen LogP contribution in [-0.4, -0.2) is 26.3 Å². The summed E-state index contributed by atoms with van der Waals surface area (Å²) < 4.78 is 10.9. The van der Waals surface area contributed by atoms with Gasteiger partial charge in [-0.2, -0.15) is 0 Å². The van der Waals surface area contributed by atoms with Gasteiger partial charge in [0.15, 0.2) is 0 Å². The van der Waals surface area contributed by atoms with Crippen molar-refractivity contribution in [1.29, 1.82) is 0 Å². The van der Waals surface area contributed by atoms with Crippen molar-refractivity contribution in [2.75, 3.05) is 20.8 Å². The lowest BCUT2D eigenvalue weighted by Crippen LogP contribution is -2.44. The van der Waals surface area contributed by atoms with Crippen molar-refractivity contribution in [1.82, 2.24) is 5.32 Å². The third kappa shape index (κ3) is 2.55. The number of hydrogen-bond acceptors (Lipinski definition) is 3. The highest BCUT2D eigenvalue weighted by molar-refractivity contribution is 5.44. The number of rotatable bonds is 2. The minimum absolute atomic E-state index is 0.136. The Labute approximate surface area is 103 Å². The zero-order chi connectivity index (χ0) is 12.5. The maximum Gasteiger partial charge on any atom is 0.120 e. The highest BCUT2D eigenvalue weighted by Gasteiger charge is 2.28. The van der Waals surface area contributed by atoms with Gasteiger partial charge in [-0.15, -0.1) is 0 Å². The summed E-state index contributed by atoms with van der Waals surface area (Å²) in [5.41, 5.74) is 2.73. The summed E-state index contributed by atoms with van der Waals surface area (Å²) in [6.45, 7) is 5.30. The molecular weight excluding hydrogens is 214 g/mol. The molecule has 2 aliphatic rings. The molecule has 0 bridgehead atoms. The maximum atomic E-state index is 5.48. The average Bonchev–Trinajstić information content (AvgIpc) is 2.45. The Kier molecular flexibility index (Phi) is 3.29. The zero-order valence-electron chi connectivity index (χ0n) is 11.1. The van der Waals surface area contributed by atoms with Gasteiger partial charge in [0.2, 0.25) is 0 Å². The van der Waals surface area contributed by atoms with Crippen molar-refractivity contribution >= 4 is 0 Å². The summed E-state index contributed by atoms with van der Waals surface area (Å²) >= 11 is 0. The smallest absolute Gasteiger partial charge is 0.120 e. The number of ether oxygens (including phenoxy) is 2. The summed E-state index contributed by atoms with van der Waals surface area (Å²) in [5, 5.41) is 3.53. The van der Waals surface area contributed by atoms with Gasteiger partial charge in [0.05, 0.1) is 20.0 Å². The SMILES string of the molecule is COC1=CC2=C(CNC(C)(C)C2)C(OC)=CC1. The minimum atomic E-state index is 0.136. The molecule has 0 unspecified atom stereocenters. The van der Waals surface area contributed by atoms with Crippen molar-refractivity contribution in [3.8, 4) is 0 Å². The maximum absolute atomic E-state index is 5.48. The van der Waals surface area contributed by atoms with Crippen LogP contribution < -0.4 is 5.32 Å². The van der Waals surface area contributed by atoms with Gasteiger partial charge in [0, 0.05) is 24.1 Å². The third-order valence-electron chi connectivity index (χ3n) is 3.37. The van der Waals surface area contributed by atoms with Crippen molar-refractivity contribution in [3.63, 3.8) is 0 Å². The quantitative estimate of drug-likeness (QED) is 0.797. The molecule has 1 N–H and O–H groups in total. The Morgan fingerprint density at radius 3 is 2.65 bits per heavy atom. The average molecular weight is 235 g/mol. The van der Waals surface area contributed by atoms with Gasteiger partial charge in [-0.3, -0.25) is 0 Å². The van der Waals surface area contributed by atoms with Crippen LogP contribution in [-0.2, 0) is 9.47 Å². The molecule has 0 amide bonds. The lowest BCUT2D eigenvalue weighted by atomic mass is 9.87. The molecule has 0 spiro atoms. The molecule has 1 aliphatic carbocycles. The van der Waals surface area contributed by atoms with Gasteiger partial charge in [-0.05, 0) is 38.0 Å². The van der Waals surface area contributed by atoms with E-state index in [0.29, 0.717) is 0 Å². The van der Waals surface area contributed by atoms with E-state index in [2.05, 4.69) is 31.3 Å². The predicted octanol–water partition coefficient (Wildman–Crippen LogP) is 2.52. The second-order valence-corrected chi connectivity index (χ2v) is 5.21. The highest BCUT2D eigenvalue weighted by Crippen LogP contribution is 2.32. The fourth-order valence-corrected chi connectivity index (χ4v) is 2.39. The largest absolute Gasteiger partial charge is 0.501 e. The molecule has 0 aromatic rings. The molecule has 0 fully saturated rings. The second kappa shape index (κ2) is 4.57. The molecule has 0 radical (unpaired) electrons. The summed E-state index contributed by atoms with van der Waals surface area (Å²) in [7, 11) is 3.46. The Hall–Kier alpha value is -1.22. The molecule has 0 aromatic heterocycles. The van der Waals surface area contributed by atoms with Crippen LogP contribution in [0.3, 0.4) is 0 Å². The van der Waals surface area contributed by atoms with Gasteiger partial charge in [-0.25, -0.2) is 0 Å². The first-order valence-electron chi connectivity index (χ1n) is 6.02. The van der Waals surface area contributed by atoms with E-state index >= 15 is 0 Å². The molecule has 0 atom stereocenters. The van der Waals surface area contributed by atoms with E-state index in [1.165, 1.54) is 11.1 Å². The van der Waals surface area contributed by atoms with Gasteiger partial charge in [0.25, 0.3) is 0 Å². The van der Waals surface area contributed by atoms with Crippen LogP contribution >= 0.6 is 0 Å². The molecule has 2 rings (SSSR count). The lowest BCUT2D eigenvalue weighted by molar-refractivity contribution is 0.279. The van der Waals surface area contributed by atoms with Crippen LogP contribution in [0.15, 0.2) is 34.8 Å². The molecule has 0 saturated carbocycles. The van der Waals surface area contributed by atoms with Crippen LogP contribution in [0.1, 0.15) is 26.7 Å². The molecule has 17 heavy (non-hydrogen) atoms. The fraction of sp³-hybridized carbons (Fsp3) is 0.571. The predicted molar refractivity (Wildman–Crippen MR) is 68.5 cm³/mol. The standard InChI is InChI=1S/C14H21NO2/c1-14(2)8-10-7-11(16-3)5-6-13(17-4)12(10)9-15-14/h6-7,15H,5,8-9H2,1-4H3. The molecule has 1 aliphatic heterocycles.